The predicted molar refractivity (Wildman–Crippen MR) is 84.6 cm³/mol. The number of nitrogens with one attached hydrogen (secondary N) is 2. The zero-order chi connectivity index (χ0) is 14.5. The lowest BCUT2D eigenvalue weighted by Gasteiger charge is -2.27. The van der Waals surface area contributed by atoms with E-state index in [9.17, 15) is 0 Å². The van der Waals surface area contributed by atoms with E-state index in [1.807, 2.05) is 31.2 Å². The molecule has 2 heterocycles. The van der Waals surface area contributed by atoms with Gasteiger partial charge in [-0.25, -0.2) is 0 Å². The molecule has 3 rings (SSSR count). The summed E-state index contributed by atoms with van der Waals surface area (Å²) in [5, 5.41) is 6.75. The van der Waals surface area contributed by atoms with E-state index in [4.69, 9.17) is 4.74 Å². The summed E-state index contributed by atoms with van der Waals surface area (Å²) < 4.78 is 5.79. The average Bonchev–Trinajstić information content (AvgIpc) is 2.47. The number of hydrogen-bond acceptors (Lipinski definition) is 4. The van der Waals surface area contributed by atoms with Crippen LogP contribution in [0.4, 0.5) is 5.69 Å². The number of hydrogen-bond donors (Lipinski definition) is 2. The maximum atomic E-state index is 5.79. The maximum absolute atomic E-state index is 5.79. The van der Waals surface area contributed by atoms with Gasteiger partial charge in [0.1, 0.15) is 12.4 Å². The van der Waals surface area contributed by atoms with Crippen molar-refractivity contribution in [1.29, 1.82) is 0 Å². The molecule has 1 atom stereocenters. The van der Waals surface area contributed by atoms with Gasteiger partial charge in [0.2, 0.25) is 0 Å². The Balaban J connectivity index is 1.60. The highest BCUT2D eigenvalue weighted by Crippen LogP contribution is 2.21. The molecule has 4 nitrogen and oxygen atoms in total. The molecule has 1 aromatic heterocycles. The van der Waals surface area contributed by atoms with Crippen LogP contribution in [0.2, 0.25) is 0 Å². The van der Waals surface area contributed by atoms with Gasteiger partial charge < -0.3 is 15.4 Å². The van der Waals surface area contributed by atoms with Gasteiger partial charge in [-0.3, -0.25) is 4.98 Å². The quantitative estimate of drug-likeness (QED) is 0.855. The molecule has 0 spiro atoms. The van der Waals surface area contributed by atoms with Gasteiger partial charge in [-0.15, -0.1) is 0 Å². The van der Waals surface area contributed by atoms with Crippen LogP contribution in [0.1, 0.15) is 17.7 Å². The Morgan fingerprint density at radius 3 is 2.86 bits per heavy atom. The first-order valence-corrected chi connectivity index (χ1v) is 7.42. The summed E-state index contributed by atoms with van der Waals surface area (Å²) in [7, 11) is 0. The monoisotopic (exact) mass is 283 g/mol. The topological polar surface area (TPSA) is 46.2 Å². The Hall–Kier alpha value is -2.07. The number of aryl methyl sites for hydroxylation is 1. The minimum atomic E-state index is 0.493. The first-order chi connectivity index (χ1) is 10.3. The number of anilines is 1. The summed E-state index contributed by atoms with van der Waals surface area (Å²) in [6.45, 7) is 4.61. The molecular weight excluding hydrogens is 262 g/mol. The van der Waals surface area contributed by atoms with E-state index >= 15 is 0 Å². The van der Waals surface area contributed by atoms with Gasteiger partial charge in [-0.1, -0.05) is 30.3 Å². The lowest BCUT2D eigenvalue weighted by molar-refractivity contribution is 0.217. The molecule has 1 saturated heterocycles. The highest BCUT2D eigenvalue weighted by molar-refractivity contribution is 5.51. The van der Waals surface area contributed by atoms with E-state index in [-0.39, 0.29) is 0 Å². The summed E-state index contributed by atoms with van der Waals surface area (Å²) in [6.07, 6.45) is 2.99. The van der Waals surface area contributed by atoms with Crippen molar-refractivity contribution < 1.29 is 4.74 Å². The zero-order valence-electron chi connectivity index (χ0n) is 12.3. The lowest BCUT2D eigenvalue weighted by Crippen LogP contribution is -2.46. The van der Waals surface area contributed by atoms with Gasteiger partial charge in [0.05, 0.1) is 17.6 Å². The van der Waals surface area contributed by atoms with Crippen LogP contribution in [-0.4, -0.2) is 24.2 Å². The molecule has 2 N–H and O–H groups in total. The van der Waals surface area contributed by atoms with Crippen LogP contribution in [0.25, 0.3) is 0 Å². The summed E-state index contributed by atoms with van der Waals surface area (Å²) in [5.74, 6) is 0.824. The normalized spacial score (nSPS) is 17.1. The second-order valence-corrected chi connectivity index (χ2v) is 5.39. The van der Waals surface area contributed by atoms with E-state index in [1.165, 1.54) is 12.0 Å². The van der Waals surface area contributed by atoms with E-state index in [1.54, 1.807) is 6.20 Å². The van der Waals surface area contributed by atoms with Crippen molar-refractivity contribution >= 4 is 5.69 Å². The number of aromatic nitrogens is 1. The molecule has 21 heavy (non-hydrogen) atoms. The third kappa shape index (κ3) is 3.73. The number of nitrogens with zero attached hydrogens (tertiary/aromatic N) is 1. The molecule has 4 heteroatoms. The van der Waals surface area contributed by atoms with E-state index in [2.05, 4.69) is 27.8 Å². The summed E-state index contributed by atoms with van der Waals surface area (Å²) >= 11 is 0. The van der Waals surface area contributed by atoms with Gasteiger partial charge >= 0.3 is 0 Å². The van der Waals surface area contributed by atoms with Crippen molar-refractivity contribution in [3.05, 3.63) is 53.9 Å². The predicted octanol–water partition coefficient (Wildman–Crippen LogP) is 2.74. The van der Waals surface area contributed by atoms with Crippen molar-refractivity contribution in [3.8, 4) is 5.75 Å². The Morgan fingerprint density at radius 1 is 1.33 bits per heavy atom. The third-order valence-corrected chi connectivity index (χ3v) is 3.76. The second kappa shape index (κ2) is 6.59. The third-order valence-electron chi connectivity index (χ3n) is 3.76. The van der Waals surface area contributed by atoms with Gasteiger partial charge in [0, 0.05) is 18.7 Å². The van der Waals surface area contributed by atoms with Crippen molar-refractivity contribution in [1.82, 2.24) is 10.3 Å². The van der Waals surface area contributed by atoms with Crippen LogP contribution < -0.4 is 15.4 Å². The minimum absolute atomic E-state index is 0.493. The Bertz CT molecular complexity index is 582. The number of benzene rings is 1. The molecule has 1 unspecified atom stereocenters. The van der Waals surface area contributed by atoms with Gasteiger partial charge in [-0.2, -0.15) is 0 Å². The smallest absolute Gasteiger partial charge is 0.139 e. The molecule has 1 aliphatic heterocycles. The summed E-state index contributed by atoms with van der Waals surface area (Å²) in [4.78, 5) is 4.41. The molecule has 1 fully saturated rings. The molecule has 1 aromatic carbocycles. The fourth-order valence-corrected chi connectivity index (χ4v) is 2.25. The van der Waals surface area contributed by atoms with Gasteiger partial charge in [-0.05, 0) is 25.5 Å². The fraction of sp³-hybridized carbons (Fsp3) is 0.353. The van der Waals surface area contributed by atoms with E-state index in [0.717, 1.165) is 30.2 Å². The van der Waals surface area contributed by atoms with Crippen molar-refractivity contribution in [2.75, 3.05) is 18.5 Å². The van der Waals surface area contributed by atoms with Crippen LogP contribution in [0.5, 0.6) is 5.75 Å². The summed E-state index contributed by atoms with van der Waals surface area (Å²) in [6, 6.07) is 12.9. The molecule has 0 radical (unpaired) electrons. The molecule has 0 saturated carbocycles. The Labute approximate surface area is 125 Å². The lowest BCUT2D eigenvalue weighted by atomic mass is 10.1. The minimum Gasteiger partial charge on any atom is -0.490 e. The number of pyridine rings is 1. The summed E-state index contributed by atoms with van der Waals surface area (Å²) in [5.41, 5.74) is 3.26. The van der Waals surface area contributed by atoms with Crippen LogP contribution in [0.15, 0.2) is 42.6 Å². The number of ether oxygens (including phenoxy) is 1. The van der Waals surface area contributed by atoms with Crippen LogP contribution >= 0.6 is 0 Å². The maximum Gasteiger partial charge on any atom is 0.139 e. The van der Waals surface area contributed by atoms with E-state index in [0.29, 0.717) is 12.6 Å². The number of rotatable bonds is 6. The molecule has 0 bridgehead atoms. The largest absolute Gasteiger partial charge is 0.490 e. The standard InChI is InChI=1S/C17H21N3O/c1-13-17(20-10-14-5-3-2-4-6-14)9-16(11-19-13)21-12-15-7-8-18-15/h2-6,9,11,15,18,20H,7-8,10,12H2,1H3. The van der Waals surface area contributed by atoms with Crippen LogP contribution in [0.3, 0.4) is 0 Å². The zero-order valence-corrected chi connectivity index (χ0v) is 12.3. The van der Waals surface area contributed by atoms with Gasteiger partial charge in [0.15, 0.2) is 0 Å². The fourth-order valence-electron chi connectivity index (χ4n) is 2.25. The average molecular weight is 283 g/mol. The molecule has 0 aliphatic carbocycles. The van der Waals surface area contributed by atoms with Crippen molar-refractivity contribution in [2.24, 2.45) is 0 Å². The highest BCUT2D eigenvalue weighted by atomic mass is 16.5. The highest BCUT2D eigenvalue weighted by Gasteiger charge is 2.16. The molecule has 0 amide bonds. The SMILES string of the molecule is Cc1ncc(OCC2CCN2)cc1NCc1ccccc1. The molecule has 2 aromatic rings. The Kier molecular flexibility index (Phi) is 4.36. The second-order valence-electron chi connectivity index (χ2n) is 5.39. The van der Waals surface area contributed by atoms with E-state index < -0.39 is 0 Å². The first kappa shape index (κ1) is 13.9. The Morgan fingerprint density at radius 2 is 2.14 bits per heavy atom. The van der Waals surface area contributed by atoms with Gasteiger partial charge in [0.25, 0.3) is 0 Å². The van der Waals surface area contributed by atoms with Crippen LogP contribution in [-0.2, 0) is 6.54 Å². The molecule has 1 aliphatic rings. The van der Waals surface area contributed by atoms with Crippen molar-refractivity contribution in [3.63, 3.8) is 0 Å². The van der Waals surface area contributed by atoms with Crippen molar-refractivity contribution in [2.45, 2.75) is 25.9 Å². The molecule has 110 valence electrons. The van der Waals surface area contributed by atoms with Crippen LogP contribution in [0, 0.1) is 6.92 Å². The molecular formula is C17H21N3O. The first-order valence-electron chi connectivity index (χ1n) is 7.42.